The quantitative estimate of drug-likeness (QED) is 0.570. The number of esters is 1. The molecule has 0 aromatic heterocycles. The Bertz CT molecular complexity index is 766. The number of rotatable bonds is 5. The van der Waals surface area contributed by atoms with Crippen LogP contribution in [0.5, 0.6) is 0 Å². The number of allylic oxidation sites excluding steroid dienone is 1. The lowest BCUT2D eigenvalue weighted by atomic mass is 9.83. The summed E-state index contributed by atoms with van der Waals surface area (Å²) in [7, 11) is 2.88. The fourth-order valence-electron chi connectivity index (χ4n) is 3.43. The first kappa shape index (κ1) is 21.7. The molecule has 1 amide bonds. The Morgan fingerprint density at radius 3 is 2.39 bits per heavy atom. The van der Waals surface area contributed by atoms with Crippen molar-refractivity contribution < 1.29 is 19.1 Å². The Kier molecular flexibility index (Phi) is 7.00. The van der Waals surface area contributed by atoms with E-state index in [2.05, 4.69) is 4.99 Å². The van der Waals surface area contributed by atoms with E-state index in [1.54, 1.807) is 29.2 Å². The molecular formula is C22H30N2O4. The average Bonchev–Trinajstić information content (AvgIpc) is 2.70. The minimum absolute atomic E-state index is 0.0196. The highest BCUT2D eigenvalue weighted by Crippen LogP contribution is 2.37. The lowest BCUT2D eigenvalue weighted by Crippen LogP contribution is -2.65. The Hall–Kier alpha value is -2.63. The van der Waals surface area contributed by atoms with Gasteiger partial charge in [-0.15, -0.1) is 0 Å². The maximum Gasteiger partial charge on any atom is 0.332 e. The van der Waals surface area contributed by atoms with Crippen LogP contribution < -0.4 is 0 Å². The number of carbonyl (C=O) groups is 2. The molecule has 0 spiro atoms. The predicted octanol–water partition coefficient (Wildman–Crippen LogP) is 3.83. The van der Waals surface area contributed by atoms with Crippen molar-refractivity contribution in [2.45, 2.75) is 52.2 Å². The van der Waals surface area contributed by atoms with Crippen LogP contribution in [-0.4, -0.2) is 48.6 Å². The summed E-state index contributed by atoms with van der Waals surface area (Å²) in [5.41, 5.74) is 0.341. The number of benzene rings is 1. The molecule has 2 atom stereocenters. The zero-order valence-corrected chi connectivity index (χ0v) is 17.6. The minimum Gasteiger partial charge on any atom is -0.484 e. The van der Waals surface area contributed by atoms with Gasteiger partial charge >= 0.3 is 5.97 Å². The average molecular weight is 386 g/mol. The van der Waals surface area contributed by atoms with Gasteiger partial charge in [0.2, 0.25) is 0 Å². The smallest absolute Gasteiger partial charge is 0.332 e. The highest BCUT2D eigenvalue weighted by Gasteiger charge is 2.54. The van der Waals surface area contributed by atoms with Crippen LogP contribution in [0.15, 0.2) is 47.0 Å². The van der Waals surface area contributed by atoms with E-state index in [4.69, 9.17) is 9.47 Å². The van der Waals surface area contributed by atoms with Gasteiger partial charge in [0, 0.05) is 12.0 Å². The monoisotopic (exact) mass is 386 g/mol. The van der Waals surface area contributed by atoms with Gasteiger partial charge in [-0.1, -0.05) is 43.7 Å². The van der Waals surface area contributed by atoms with Crippen LogP contribution in [0.25, 0.3) is 0 Å². The normalized spacial score (nSPS) is 21.8. The van der Waals surface area contributed by atoms with Gasteiger partial charge in [-0.05, 0) is 31.9 Å². The second kappa shape index (κ2) is 9.04. The van der Waals surface area contributed by atoms with Gasteiger partial charge in [-0.2, -0.15) is 0 Å². The van der Waals surface area contributed by atoms with E-state index in [-0.39, 0.29) is 18.2 Å². The molecule has 0 unspecified atom stereocenters. The lowest BCUT2D eigenvalue weighted by molar-refractivity contribution is -0.156. The summed E-state index contributed by atoms with van der Waals surface area (Å²) in [4.78, 5) is 32.9. The minimum atomic E-state index is -1.22. The number of hydrogen-bond donors (Lipinski definition) is 0. The summed E-state index contributed by atoms with van der Waals surface area (Å²) < 4.78 is 10.6. The molecule has 0 saturated carbocycles. The second-order valence-corrected chi connectivity index (χ2v) is 7.61. The maximum atomic E-state index is 13.6. The number of ether oxygens (including phenoxy) is 2. The third kappa shape index (κ3) is 4.26. The molecule has 1 aromatic rings. The molecule has 28 heavy (non-hydrogen) atoms. The number of amides is 1. The summed E-state index contributed by atoms with van der Waals surface area (Å²) in [6, 6.07) is 8.96. The zero-order valence-electron chi connectivity index (χ0n) is 17.6. The molecule has 0 fully saturated rings. The van der Waals surface area contributed by atoms with Gasteiger partial charge in [0.15, 0.2) is 11.4 Å². The van der Waals surface area contributed by atoms with Crippen LogP contribution in [0.4, 0.5) is 0 Å². The highest BCUT2D eigenvalue weighted by molar-refractivity contribution is 6.01. The fourth-order valence-corrected chi connectivity index (χ4v) is 3.43. The van der Waals surface area contributed by atoms with Gasteiger partial charge in [-0.3, -0.25) is 9.69 Å². The Morgan fingerprint density at radius 1 is 1.25 bits per heavy atom. The Labute approximate surface area is 167 Å². The third-order valence-electron chi connectivity index (χ3n) is 4.93. The number of hydrogen-bond acceptors (Lipinski definition) is 5. The molecule has 0 saturated heterocycles. The topological polar surface area (TPSA) is 68.2 Å². The third-order valence-corrected chi connectivity index (χ3v) is 4.93. The van der Waals surface area contributed by atoms with Crippen LogP contribution in [0.1, 0.15) is 50.9 Å². The van der Waals surface area contributed by atoms with E-state index >= 15 is 0 Å². The van der Waals surface area contributed by atoms with E-state index < -0.39 is 17.7 Å². The van der Waals surface area contributed by atoms with Crippen molar-refractivity contribution in [3.63, 3.8) is 0 Å². The van der Waals surface area contributed by atoms with Crippen LogP contribution >= 0.6 is 0 Å². The van der Waals surface area contributed by atoms with Gasteiger partial charge < -0.3 is 9.47 Å². The van der Waals surface area contributed by atoms with Gasteiger partial charge in [0.25, 0.3) is 5.91 Å². The lowest BCUT2D eigenvalue weighted by Gasteiger charge is -2.48. The van der Waals surface area contributed by atoms with Crippen LogP contribution in [0.2, 0.25) is 0 Å². The van der Waals surface area contributed by atoms with Crippen molar-refractivity contribution in [3.8, 4) is 0 Å². The summed E-state index contributed by atoms with van der Waals surface area (Å²) in [5, 5.41) is 0. The van der Waals surface area contributed by atoms with Crippen LogP contribution in [0.3, 0.4) is 0 Å². The molecule has 0 radical (unpaired) electrons. The van der Waals surface area contributed by atoms with E-state index in [1.165, 1.54) is 14.2 Å². The largest absolute Gasteiger partial charge is 0.484 e. The molecular weight excluding hydrogens is 356 g/mol. The van der Waals surface area contributed by atoms with E-state index in [9.17, 15) is 9.59 Å². The van der Waals surface area contributed by atoms with Crippen molar-refractivity contribution in [2.75, 3.05) is 14.2 Å². The standard InChI is InChI=1S/C22H30N2O4/c1-15(2)12-13-22(21(26)28-6)14-18(27-5)23-19(16(3)4)24(22)20(25)17-10-8-7-9-11-17/h7-12,16,19H,13-14H2,1-6H3/t19-,22-/m0/s1. The molecule has 0 aliphatic carbocycles. The van der Waals surface area contributed by atoms with Crippen molar-refractivity contribution in [3.05, 3.63) is 47.5 Å². The molecule has 2 rings (SSSR count). The molecule has 6 heteroatoms. The van der Waals surface area contributed by atoms with Gasteiger partial charge in [0.05, 0.1) is 20.6 Å². The van der Waals surface area contributed by atoms with Crippen molar-refractivity contribution in [1.82, 2.24) is 4.90 Å². The van der Waals surface area contributed by atoms with Crippen LogP contribution in [0, 0.1) is 5.92 Å². The molecule has 0 N–H and O–H groups in total. The number of carbonyl (C=O) groups excluding carboxylic acids is 2. The first-order valence-electron chi connectivity index (χ1n) is 9.48. The van der Waals surface area contributed by atoms with E-state index in [1.807, 2.05) is 39.8 Å². The summed E-state index contributed by atoms with van der Waals surface area (Å²) in [5.74, 6) is -0.285. The maximum absolute atomic E-state index is 13.6. The first-order valence-corrected chi connectivity index (χ1v) is 9.48. The fraction of sp³-hybridized carbons (Fsp3) is 0.500. The molecule has 152 valence electrons. The van der Waals surface area contributed by atoms with Crippen molar-refractivity contribution in [1.29, 1.82) is 0 Å². The predicted molar refractivity (Wildman–Crippen MR) is 109 cm³/mol. The molecule has 1 aliphatic rings. The highest BCUT2D eigenvalue weighted by atomic mass is 16.5. The molecule has 1 aliphatic heterocycles. The number of nitrogens with zero attached hydrogens (tertiary/aromatic N) is 2. The molecule has 6 nitrogen and oxygen atoms in total. The molecule has 1 heterocycles. The van der Waals surface area contributed by atoms with Gasteiger partial charge in [0.1, 0.15) is 6.17 Å². The zero-order chi connectivity index (χ0) is 20.9. The van der Waals surface area contributed by atoms with E-state index in [0.717, 1.165) is 5.57 Å². The molecule has 0 bridgehead atoms. The summed E-state index contributed by atoms with van der Waals surface area (Å²) in [6.07, 6.45) is 1.91. The number of methoxy groups -OCH3 is 2. The Balaban J connectivity index is 2.71. The van der Waals surface area contributed by atoms with Gasteiger partial charge in [-0.25, -0.2) is 9.79 Å². The SMILES string of the molecule is COC(=O)[C@]1(CC=C(C)C)CC(OC)=N[C@H](C(C)C)N1C(=O)c1ccccc1. The summed E-state index contributed by atoms with van der Waals surface area (Å²) in [6.45, 7) is 7.87. The van der Waals surface area contributed by atoms with Crippen LogP contribution in [-0.2, 0) is 14.3 Å². The van der Waals surface area contributed by atoms with E-state index in [0.29, 0.717) is 17.9 Å². The van der Waals surface area contributed by atoms with Crippen molar-refractivity contribution in [2.24, 2.45) is 10.9 Å². The summed E-state index contributed by atoms with van der Waals surface area (Å²) >= 11 is 0. The number of aliphatic imine (C=N–C) groups is 1. The molecule has 1 aromatic carbocycles. The Morgan fingerprint density at radius 2 is 1.89 bits per heavy atom. The second-order valence-electron chi connectivity index (χ2n) is 7.61. The van der Waals surface area contributed by atoms with Crippen molar-refractivity contribution >= 4 is 17.8 Å². The first-order chi connectivity index (χ1) is 13.3.